The summed E-state index contributed by atoms with van der Waals surface area (Å²) in [7, 11) is 1.61. The van der Waals surface area contributed by atoms with Gasteiger partial charge < -0.3 is 29.6 Å². The lowest BCUT2D eigenvalue weighted by Gasteiger charge is -2.16. The van der Waals surface area contributed by atoms with Crippen LogP contribution in [0.25, 0.3) is 6.08 Å². The number of carbonyl (C=O) groups excluding carboxylic acids is 1. The Kier molecular flexibility index (Phi) is 7.79. The van der Waals surface area contributed by atoms with Crippen LogP contribution in [0.15, 0.2) is 72.2 Å². The second-order valence-corrected chi connectivity index (χ2v) is 10.0. The van der Waals surface area contributed by atoms with Crippen LogP contribution in [0, 0.1) is 0 Å². The van der Waals surface area contributed by atoms with Crippen LogP contribution in [-0.4, -0.2) is 25.3 Å². The second-order valence-electron chi connectivity index (χ2n) is 8.86. The molecule has 196 valence electrons. The topological polar surface area (TPSA) is 78.1 Å². The van der Waals surface area contributed by atoms with Gasteiger partial charge in [0.15, 0.2) is 28.5 Å². The highest BCUT2D eigenvalue weighted by Crippen LogP contribution is 2.38. The van der Waals surface area contributed by atoms with Crippen LogP contribution < -0.4 is 29.6 Å². The van der Waals surface area contributed by atoms with E-state index < -0.39 is 0 Å². The molecule has 0 spiro atoms. The maximum atomic E-state index is 12.7. The average Bonchev–Trinajstić information content (AvgIpc) is 3.53. The van der Waals surface area contributed by atoms with E-state index in [-0.39, 0.29) is 18.2 Å². The maximum absolute atomic E-state index is 12.7. The Balaban J connectivity index is 1.33. The minimum atomic E-state index is -0.250. The Labute approximate surface area is 226 Å². The Morgan fingerprint density at radius 1 is 1.11 bits per heavy atom. The number of allylic oxidation sites excluding steroid dienone is 1. The van der Waals surface area contributed by atoms with Gasteiger partial charge in [-0.15, -0.1) is 6.58 Å². The first-order valence-electron chi connectivity index (χ1n) is 12.4. The predicted molar refractivity (Wildman–Crippen MR) is 151 cm³/mol. The van der Waals surface area contributed by atoms with Gasteiger partial charge in [0, 0.05) is 11.3 Å². The molecule has 38 heavy (non-hydrogen) atoms. The van der Waals surface area contributed by atoms with Crippen LogP contribution in [0.1, 0.15) is 29.2 Å². The molecule has 3 aromatic rings. The lowest BCUT2D eigenvalue weighted by atomic mass is 10.0. The molecule has 8 heteroatoms. The van der Waals surface area contributed by atoms with Crippen LogP contribution in [-0.2, 0) is 24.2 Å². The number of carbonyl (C=O) groups is 1. The average molecular weight is 531 g/mol. The number of methoxy groups -OCH3 is 1. The van der Waals surface area contributed by atoms with Gasteiger partial charge in [0.1, 0.15) is 6.61 Å². The van der Waals surface area contributed by atoms with Gasteiger partial charge >= 0.3 is 0 Å². The summed E-state index contributed by atoms with van der Waals surface area (Å²) in [5, 5.41) is 6.36. The third-order valence-corrected chi connectivity index (χ3v) is 7.28. The molecule has 2 aliphatic heterocycles. The van der Waals surface area contributed by atoms with Gasteiger partial charge in [-0.2, -0.15) is 0 Å². The van der Waals surface area contributed by atoms with Crippen LogP contribution in [0.2, 0.25) is 0 Å². The summed E-state index contributed by atoms with van der Waals surface area (Å²) in [6, 6.07) is 17.9. The van der Waals surface area contributed by atoms with E-state index in [1.165, 1.54) is 17.3 Å². The monoisotopic (exact) mass is 530 g/mol. The summed E-state index contributed by atoms with van der Waals surface area (Å²) in [4.78, 5) is 13.3. The number of amides is 1. The van der Waals surface area contributed by atoms with Gasteiger partial charge in [0.25, 0.3) is 5.91 Å². The zero-order valence-electron chi connectivity index (χ0n) is 21.4. The number of thioether (sulfide) groups is 1. The number of nitrogens with one attached hydrogen (secondary N) is 2. The first kappa shape index (κ1) is 25.6. The quantitative estimate of drug-likeness (QED) is 0.250. The predicted octanol–water partition coefficient (Wildman–Crippen LogP) is 5.89. The minimum Gasteiger partial charge on any atom is -0.493 e. The minimum absolute atomic E-state index is 0.120. The summed E-state index contributed by atoms with van der Waals surface area (Å²) >= 11 is 1.45. The molecule has 0 aromatic heterocycles. The van der Waals surface area contributed by atoms with Crippen molar-refractivity contribution in [2.45, 2.75) is 31.9 Å². The first-order valence-corrected chi connectivity index (χ1v) is 13.3. The number of hydrogen-bond acceptors (Lipinski definition) is 7. The molecule has 0 unspecified atom stereocenters. The molecule has 0 bridgehead atoms. The summed E-state index contributed by atoms with van der Waals surface area (Å²) in [6.45, 7) is 6.59. The Morgan fingerprint density at radius 2 is 1.89 bits per heavy atom. The van der Waals surface area contributed by atoms with Crippen LogP contribution in [0.5, 0.6) is 23.0 Å². The van der Waals surface area contributed by atoms with Crippen molar-refractivity contribution >= 4 is 29.4 Å². The number of benzene rings is 3. The van der Waals surface area contributed by atoms with Crippen molar-refractivity contribution in [1.82, 2.24) is 5.32 Å². The maximum Gasteiger partial charge on any atom is 0.260 e. The summed E-state index contributed by atoms with van der Waals surface area (Å²) in [6.07, 6.45) is 5.27. The normalized spacial score (nSPS) is 16.8. The third-order valence-electron chi connectivity index (χ3n) is 6.25. The van der Waals surface area contributed by atoms with E-state index in [1.54, 1.807) is 7.11 Å². The van der Waals surface area contributed by atoms with Gasteiger partial charge in [-0.1, -0.05) is 43.0 Å². The first-order chi connectivity index (χ1) is 18.6. The van der Waals surface area contributed by atoms with Gasteiger partial charge in [-0.3, -0.25) is 4.79 Å². The van der Waals surface area contributed by atoms with Gasteiger partial charge in [-0.05, 0) is 72.0 Å². The fourth-order valence-corrected chi connectivity index (χ4v) is 5.27. The molecular weight excluding hydrogens is 500 g/mol. The zero-order chi connectivity index (χ0) is 26.5. The van der Waals surface area contributed by atoms with Crippen molar-refractivity contribution in [1.29, 1.82) is 0 Å². The summed E-state index contributed by atoms with van der Waals surface area (Å²) in [5.41, 5.74) is 4.70. The molecule has 2 heterocycles. The molecule has 7 nitrogen and oxygen atoms in total. The van der Waals surface area contributed by atoms with Gasteiger partial charge in [-0.25, -0.2) is 0 Å². The van der Waals surface area contributed by atoms with Gasteiger partial charge in [0.05, 0.1) is 12.0 Å². The van der Waals surface area contributed by atoms with E-state index >= 15 is 0 Å². The molecule has 1 amide bonds. The van der Waals surface area contributed by atoms with Gasteiger partial charge in [0.2, 0.25) is 6.79 Å². The van der Waals surface area contributed by atoms with E-state index in [4.69, 9.17) is 18.9 Å². The number of hydrogen-bond donors (Lipinski definition) is 2. The lowest BCUT2D eigenvalue weighted by Crippen LogP contribution is -2.30. The van der Waals surface area contributed by atoms with Crippen LogP contribution in [0.3, 0.4) is 0 Å². The Hall–Kier alpha value is -4.04. The molecule has 3 aromatic carbocycles. The molecule has 2 aliphatic rings. The number of anilines is 1. The summed E-state index contributed by atoms with van der Waals surface area (Å²) < 4.78 is 22.8. The molecule has 5 rings (SSSR count). The van der Waals surface area contributed by atoms with E-state index in [1.807, 2.05) is 54.6 Å². The molecule has 1 atom stereocenters. The van der Waals surface area contributed by atoms with Crippen molar-refractivity contribution in [3.8, 4) is 23.0 Å². The highest BCUT2D eigenvalue weighted by molar-refractivity contribution is 8.05. The molecular formula is C30H30N2O5S. The highest BCUT2D eigenvalue weighted by Gasteiger charge is 2.27. The van der Waals surface area contributed by atoms with E-state index in [9.17, 15) is 4.79 Å². The number of rotatable bonds is 10. The van der Waals surface area contributed by atoms with Crippen molar-refractivity contribution < 1.29 is 23.7 Å². The standard InChI is InChI=1S/C30H30N2O5S/c1-4-6-22-13-21(16-27-29(33)32-30(38-27)31-23-10-7-19(5-2)8-11-23)15-26(34-3)28(22)35-17-20-9-12-24-25(14-20)37-18-36-24/h4,7-16,30-31H,1,5-6,17-18H2,2-3H3,(H,32,33)/b27-16-/t30-/m0/s1. The summed E-state index contributed by atoms with van der Waals surface area (Å²) in [5.74, 6) is 2.56. The highest BCUT2D eigenvalue weighted by atomic mass is 32.2. The van der Waals surface area contributed by atoms with Crippen LogP contribution in [0.4, 0.5) is 5.69 Å². The Bertz CT molecular complexity index is 1370. The third kappa shape index (κ3) is 5.75. The smallest absolute Gasteiger partial charge is 0.260 e. The van der Waals surface area contributed by atoms with Crippen LogP contribution >= 0.6 is 11.8 Å². The molecule has 0 saturated carbocycles. The molecule has 1 saturated heterocycles. The SMILES string of the molecule is C=CCc1cc(/C=C2\S[C@@H](Nc3ccc(CC)cc3)NC2=O)cc(OC)c1OCc1ccc2c(c1)OCO2. The fourth-order valence-electron chi connectivity index (χ4n) is 4.28. The number of ether oxygens (including phenoxy) is 4. The largest absolute Gasteiger partial charge is 0.493 e. The zero-order valence-corrected chi connectivity index (χ0v) is 22.2. The number of fused-ring (bicyclic) bond motifs is 1. The molecule has 0 aliphatic carbocycles. The van der Waals surface area contributed by atoms with E-state index in [2.05, 4.69) is 36.3 Å². The van der Waals surface area contributed by atoms with Crippen molar-refractivity contribution in [3.63, 3.8) is 0 Å². The van der Waals surface area contributed by atoms with Crippen molar-refractivity contribution in [2.24, 2.45) is 0 Å². The fraction of sp³-hybridized carbons (Fsp3) is 0.233. The second kappa shape index (κ2) is 11.6. The lowest BCUT2D eigenvalue weighted by molar-refractivity contribution is -0.116. The van der Waals surface area contributed by atoms with Crippen molar-refractivity contribution in [2.75, 3.05) is 19.2 Å². The van der Waals surface area contributed by atoms with E-state index in [0.717, 1.165) is 34.5 Å². The molecule has 2 N–H and O–H groups in total. The molecule has 1 fully saturated rings. The van der Waals surface area contributed by atoms with Crippen molar-refractivity contribution in [3.05, 3.63) is 94.4 Å². The molecule has 0 radical (unpaired) electrons. The van der Waals surface area contributed by atoms with E-state index in [0.29, 0.717) is 35.2 Å². The Morgan fingerprint density at radius 3 is 2.66 bits per heavy atom. The number of aryl methyl sites for hydroxylation is 1.